The molecule has 2 N–H and O–H groups in total. The summed E-state index contributed by atoms with van der Waals surface area (Å²) in [6, 6.07) is 6.64. The van der Waals surface area contributed by atoms with Crippen molar-refractivity contribution in [2.45, 2.75) is 94.5 Å². The van der Waals surface area contributed by atoms with Gasteiger partial charge in [0, 0.05) is 51.2 Å². The Balaban J connectivity index is 0.713. The first-order valence-electron chi connectivity index (χ1n) is 22.0. The number of nitrogens with one attached hydrogen (secondary N) is 2. The number of nitrogens with zero attached hydrogens (tertiary/aromatic N) is 9. The second-order valence-electron chi connectivity index (χ2n) is 17.4. The Labute approximate surface area is 366 Å². The zero-order valence-electron chi connectivity index (χ0n) is 35.4. The number of carbonyl (C=O) groups excluding carboxylic acids is 3. The van der Waals surface area contributed by atoms with Crippen molar-refractivity contribution in [3.8, 4) is 11.8 Å². The Morgan fingerprint density at radius 2 is 1.89 bits per heavy atom. The average Bonchev–Trinajstić information content (AvgIpc) is 4.15. The predicted octanol–water partition coefficient (Wildman–Crippen LogP) is 4.50. The number of morpholine rings is 1. The molecular weight excluding hydrogens is 829 g/mol. The van der Waals surface area contributed by atoms with Crippen LogP contribution >= 0.6 is 0 Å². The van der Waals surface area contributed by atoms with Crippen molar-refractivity contribution in [2.24, 2.45) is 13.0 Å². The molecule has 17 nitrogen and oxygen atoms in total. The first-order chi connectivity index (χ1) is 31.0. The number of hydrogen-bond acceptors (Lipinski definition) is 11. The van der Waals surface area contributed by atoms with Crippen LogP contribution in [0.4, 0.5) is 20.3 Å². The van der Waals surface area contributed by atoms with E-state index in [2.05, 4.69) is 49.1 Å². The number of carbonyl (C=O) groups is 3. The van der Waals surface area contributed by atoms with Gasteiger partial charge in [0.05, 0.1) is 59.4 Å². The number of anilines is 2. The van der Waals surface area contributed by atoms with Crippen LogP contribution in [0.3, 0.4) is 0 Å². The number of hydrogen-bond donors (Lipinski definition) is 2. The molecule has 3 amide bonds. The van der Waals surface area contributed by atoms with Gasteiger partial charge in [-0.15, -0.1) is 0 Å². The smallest absolute Gasteiger partial charge is 0.329 e. The van der Waals surface area contributed by atoms with Crippen LogP contribution in [-0.2, 0) is 26.1 Å². The lowest BCUT2D eigenvalue weighted by Crippen LogP contribution is -2.44. The minimum absolute atomic E-state index is 0.0295. The van der Waals surface area contributed by atoms with Gasteiger partial charge in [-0.3, -0.25) is 33.5 Å². The highest BCUT2D eigenvalue weighted by Crippen LogP contribution is 2.39. The molecule has 3 atom stereocenters. The van der Waals surface area contributed by atoms with E-state index >= 15 is 0 Å². The number of rotatable bonds is 10. The molecular formula is C45H49F2N11O6. The number of halogens is 2. The van der Waals surface area contributed by atoms with Crippen LogP contribution in [0.2, 0.25) is 0 Å². The molecule has 10 rings (SSSR count). The molecule has 4 saturated heterocycles. The summed E-state index contributed by atoms with van der Waals surface area (Å²) in [4.78, 5) is 60.4. The van der Waals surface area contributed by atoms with Crippen molar-refractivity contribution in [3.05, 3.63) is 82.4 Å². The van der Waals surface area contributed by atoms with E-state index < -0.39 is 30.0 Å². The van der Waals surface area contributed by atoms with Crippen molar-refractivity contribution in [1.29, 1.82) is 0 Å². The minimum Gasteiger partial charge on any atom is -0.375 e. The number of ether oxygens (including phenoxy) is 2. The molecule has 0 spiro atoms. The van der Waals surface area contributed by atoms with Gasteiger partial charge in [-0.1, -0.05) is 24.5 Å². The number of amides is 3. The van der Waals surface area contributed by atoms with Gasteiger partial charge >= 0.3 is 5.69 Å². The highest BCUT2D eigenvalue weighted by Gasteiger charge is 2.40. The van der Waals surface area contributed by atoms with Crippen LogP contribution in [0.1, 0.15) is 97.9 Å². The maximum atomic E-state index is 14.3. The molecule has 0 radical (unpaired) electrons. The number of allylic oxidation sites excluding steroid dienone is 1. The van der Waals surface area contributed by atoms with Crippen molar-refractivity contribution >= 4 is 45.9 Å². The standard InChI is InChI=1S/C45H49F2N11O6/c1-26(54-17-14-31(15-18-54)63-20-4-6-28-5-3-7-35-40(28)53(2)45(62)58(35)36-12-13-38(59)51-44(36)61)27-8-10-29(11-9-27)57-24-34(39(52-57)41(46)47)49-43(60)33-22-48-56-19-16-37(50-42(33)56)55-23-32-21-30(55)25-64-32/h3,5,7,16,19,22,24,27,29-32,36,41H,1,8-15,17-18,20-21,23,25H2,2H3,(H,49,60)(H,51,59,61)/t27?,29?,30-,32-,36?/m1/s1. The van der Waals surface area contributed by atoms with Gasteiger partial charge < -0.3 is 24.6 Å². The van der Waals surface area contributed by atoms with Gasteiger partial charge in [0.2, 0.25) is 11.8 Å². The normalized spacial score (nSPS) is 23.8. The lowest BCUT2D eigenvalue weighted by atomic mass is 9.83. The van der Waals surface area contributed by atoms with Crippen molar-refractivity contribution in [2.75, 3.05) is 43.1 Å². The number of piperidine rings is 2. The first-order valence-corrected chi connectivity index (χ1v) is 22.0. The van der Waals surface area contributed by atoms with Crippen LogP contribution in [0.5, 0.6) is 0 Å². The van der Waals surface area contributed by atoms with Gasteiger partial charge in [0.1, 0.15) is 24.0 Å². The fourth-order valence-electron chi connectivity index (χ4n) is 10.2. The lowest BCUT2D eigenvalue weighted by Gasteiger charge is -2.39. The molecule has 5 aliphatic rings. The van der Waals surface area contributed by atoms with E-state index in [0.717, 1.165) is 76.1 Å². The second kappa shape index (κ2) is 17.0. The molecule has 4 aromatic heterocycles. The summed E-state index contributed by atoms with van der Waals surface area (Å²) in [5.41, 5.74) is 2.61. The Bertz CT molecular complexity index is 2780. The fourth-order valence-corrected chi connectivity index (χ4v) is 10.2. The monoisotopic (exact) mass is 877 g/mol. The number of para-hydroxylation sites is 1. The molecule has 8 heterocycles. The van der Waals surface area contributed by atoms with Crippen LogP contribution in [0.25, 0.3) is 16.7 Å². The number of alkyl halides is 2. The molecule has 1 unspecified atom stereocenters. The van der Waals surface area contributed by atoms with Gasteiger partial charge in [-0.2, -0.15) is 10.2 Å². The van der Waals surface area contributed by atoms with E-state index in [4.69, 9.17) is 14.5 Å². The molecule has 5 fully saturated rings. The predicted molar refractivity (Wildman–Crippen MR) is 230 cm³/mol. The van der Waals surface area contributed by atoms with Crippen molar-refractivity contribution in [1.82, 2.24) is 43.7 Å². The molecule has 334 valence electrons. The molecule has 2 bridgehead atoms. The number of likely N-dealkylation sites (tertiary alicyclic amines) is 1. The van der Waals surface area contributed by atoms with Gasteiger partial charge in [-0.05, 0) is 75.5 Å². The maximum Gasteiger partial charge on any atom is 0.329 e. The maximum absolute atomic E-state index is 14.3. The summed E-state index contributed by atoms with van der Waals surface area (Å²) in [5.74, 6) is 5.84. The number of benzene rings is 1. The Kier molecular flexibility index (Phi) is 11.0. The van der Waals surface area contributed by atoms with E-state index in [1.807, 2.05) is 12.1 Å². The summed E-state index contributed by atoms with van der Waals surface area (Å²) in [5, 5.41) is 13.6. The fraction of sp³-hybridized carbons (Fsp3) is 0.489. The lowest BCUT2D eigenvalue weighted by molar-refractivity contribution is -0.135. The summed E-state index contributed by atoms with van der Waals surface area (Å²) in [6.45, 7) is 7.65. The Hall–Kier alpha value is -6.39. The Morgan fingerprint density at radius 3 is 2.62 bits per heavy atom. The summed E-state index contributed by atoms with van der Waals surface area (Å²) in [7, 11) is 1.65. The summed E-state index contributed by atoms with van der Waals surface area (Å²) < 4.78 is 46.6. The minimum atomic E-state index is -2.88. The molecule has 4 aliphatic heterocycles. The van der Waals surface area contributed by atoms with Crippen molar-refractivity contribution in [3.63, 3.8) is 0 Å². The third-order valence-electron chi connectivity index (χ3n) is 13.6. The highest BCUT2D eigenvalue weighted by molar-refractivity contribution is 6.08. The van der Waals surface area contributed by atoms with E-state index in [9.17, 15) is 28.0 Å². The van der Waals surface area contributed by atoms with Gasteiger partial charge in [-0.25, -0.2) is 23.1 Å². The zero-order chi connectivity index (χ0) is 44.2. The van der Waals surface area contributed by atoms with Gasteiger partial charge in [0.25, 0.3) is 12.3 Å². The van der Waals surface area contributed by atoms with Gasteiger partial charge in [0.15, 0.2) is 11.3 Å². The topological polar surface area (TPSA) is 175 Å². The third kappa shape index (κ3) is 7.72. The van der Waals surface area contributed by atoms with Crippen LogP contribution in [0, 0.1) is 17.8 Å². The summed E-state index contributed by atoms with van der Waals surface area (Å²) in [6.07, 6.45) is 8.09. The quantitative estimate of drug-likeness (QED) is 0.149. The SMILES string of the molecule is C=C(C1CCC(n2cc(NC(=O)c3cnn4ccc(N5C[C@H]6C[C@@H]5CO6)nc34)c(C(F)F)n2)CC1)N1CCC(OCC#Cc2cccc3c2n(C)c(=O)n3C2CCC(=O)NC2=O)CC1. The summed E-state index contributed by atoms with van der Waals surface area (Å²) >= 11 is 0. The number of aryl methyl sites for hydroxylation is 1. The van der Waals surface area contributed by atoms with E-state index in [1.54, 1.807) is 30.1 Å². The molecule has 1 aromatic carbocycles. The number of imidazole rings is 1. The molecule has 1 saturated carbocycles. The number of imide groups is 1. The van der Waals surface area contributed by atoms with E-state index in [1.165, 1.54) is 26.0 Å². The highest BCUT2D eigenvalue weighted by atomic mass is 19.3. The third-order valence-corrected chi connectivity index (χ3v) is 13.6. The zero-order valence-corrected chi connectivity index (χ0v) is 35.4. The average molecular weight is 878 g/mol. The van der Waals surface area contributed by atoms with Crippen LogP contribution < -0.4 is 21.2 Å². The largest absolute Gasteiger partial charge is 0.375 e. The number of fused-ring (bicyclic) bond motifs is 4. The molecule has 19 heteroatoms. The van der Waals surface area contributed by atoms with E-state index in [-0.39, 0.29) is 72.5 Å². The second-order valence-corrected chi connectivity index (χ2v) is 17.4. The van der Waals surface area contributed by atoms with E-state index in [0.29, 0.717) is 28.9 Å². The molecule has 1 aliphatic carbocycles. The molecule has 5 aromatic rings. The Morgan fingerprint density at radius 1 is 1.08 bits per heavy atom. The van der Waals surface area contributed by atoms with Crippen LogP contribution in [0.15, 0.2) is 59.9 Å². The molecule has 64 heavy (non-hydrogen) atoms. The first kappa shape index (κ1) is 41.6. The number of aromatic nitrogens is 7. The van der Waals surface area contributed by atoms with Crippen molar-refractivity contribution < 1.29 is 32.6 Å². The van der Waals surface area contributed by atoms with Crippen LogP contribution in [-0.4, -0.2) is 107 Å².